The Balaban J connectivity index is 0.000000235. The Morgan fingerprint density at radius 2 is 1.43 bits per heavy atom. The van der Waals surface area contributed by atoms with Gasteiger partial charge in [-0.3, -0.25) is 9.97 Å². The van der Waals surface area contributed by atoms with Gasteiger partial charge in [0.25, 0.3) is 0 Å². The molecule has 2 aromatic rings. The predicted octanol–water partition coefficient (Wildman–Crippen LogP) is 4.15. The second-order valence-corrected chi connectivity index (χ2v) is 5.39. The maximum Gasteiger partial charge on any atom is 0.149 e. The third kappa shape index (κ3) is 6.42. The zero-order valence-electron chi connectivity index (χ0n) is 12.0. The Hall–Kier alpha value is -1.17. The lowest BCUT2D eigenvalue weighted by atomic mass is 10.2. The first-order valence-corrected chi connectivity index (χ1v) is 7.40. The van der Waals surface area contributed by atoms with E-state index in [0.717, 1.165) is 12.2 Å². The Labute approximate surface area is 139 Å². The lowest BCUT2D eigenvalue weighted by molar-refractivity contribution is 0.655. The van der Waals surface area contributed by atoms with Gasteiger partial charge in [0.05, 0.1) is 24.8 Å². The molecular weight excluding hydrogens is 333 g/mol. The predicted molar refractivity (Wildman–Crippen MR) is 87.3 cm³/mol. The van der Waals surface area contributed by atoms with E-state index in [0.29, 0.717) is 21.5 Å². The van der Waals surface area contributed by atoms with E-state index >= 15 is 0 Å². The first kappa shape index (κ1) is 17.9. The highest BCUT2D eigenvalue weighted by Gasteiger charge is 2.09. The molecule has 0 saturated heterocycles. The Kier molecular flexibility index (Phi) is 7.64. The van der Waals surface area contributed by atoms with Crippen LogP contribution in [0.25, 0.3) is 0 Å². The summed E-state index contributed by atoms with van der Waals surface area (Å²) in [5.74, 6) is 0.821. The molecule has 114 valence electrons. The molecular formula is C13H16Cl3N5. The van der Waals surface area contributed by atoms with Crippen LogP contribution >= 0.6 is 34.8 Å². The molecule has 0 aliphatic carbocycles. The average Bonchev–Trinajstić information content (AvgIpc) is 2.46. The third-order valence-corrected chi connectivity index (χ3v) is 3.33. The van der Waals surface area contributed by atoms with Crippen LogP contribution in [-0.4, -0.2) is 33.0 Å². The molecule has 0 saturated carbocycles. The number of rotatable bonds is 3. The minimum Gasteiger partial charge on any atom is -0.356 e. The Bertz CT molecular complexity index is 550. The van der Waals surface area contributed by atoms with Gasteiger partial charge in [-0.2, -0.15) is 0 Å². The third-order valence-electron chi connectivity index (χ3n) is 2.78. The first-order valence-electron chi connectivity index (χ1n) is 6.27. The highest BCUT2D eigenvalue weighted by Crippen LogP contribution is 2.14. The summed E-state index contributed by atoms with van der Waals surface area (Å²) in [5, 5.41) is 1.07. The monoisotopic (exact) mass is 347 g/mol. The summed E-state index contributed by atoms with van der Waals surface area (Å²) in [6, 6.07) is 0.452. The van der Waals surface area contributed by atoms with Gasteiger partial charge in [0.1, 0.15) is 21.3 Å². The minimum atomic E-state index is 0.317. The summed E-state index contributed by atoms with van der Waals surface area (Å²) in [5.41, 5.74) is 0. The lowest BCUT2D eigenvalue weighted by Crippen LogP contribution is -2.28. The van der Waals surface area contributed by atoms with E-state index in [1.165, 1.54) is 18.6 Å². The SMILES string of the molecule is CCC(C)N(C)c1cncc(Cl)n1.Clc1cncc(Cl)n1. The molecule has 0 fully saturated rings. The molecule has 0 amide bonds. The molecule has 0 N–H and O–H groups in total. The van der Waals surface area contributed by atoms with Crippen LogP contribution in [0.1, 0.15) is 20.3 Å². The molecule has 1 atom stereocenters. The minimum absolute atomic E-state index is 0.317. The van der Waals surface area contributed by atoms with Crippen LogP contribution in [0.5, 0.6) is 0 Å². The fourth-order valence-corrected chi connectivity index (χ4v) is 1.80. The van der Waals surface area contributed by atoms with Crippen LogP contribution in [0.2, 0.25) is 15.5 Å². The Morgan fingerprint density at radius 3 is 1.81 bits per heavy atom. The second-order valence-electron chi connectivity index (χ2n) is 4.23. The van der Waals surface area contributed by atoms with Crippen molar-refractivity contribution in [1.29, 1.82) is 0 Å². The molecule has 8 heteroatoms. The van der Waals surface area contributed by atoms with Crippen molar-refractivity contribution in [2.45, 2.75) is 26.3 Å². The van der Waals surface area contributed by atoms with Crippen LogP contribution in [0.3, 0.4) is 0 Å². The molecule has 0 bridgehead atoms. The number of hydrogen-bond donors (Lipinski definition) is 0. The summed E-state index contributed by atoms with van der Waals surface area (Å²) in [6.45, 7) is 4.28. The number of nitrogens with zero attached hydrogens (tertiary/aromatic N) is 5. The zero-order valence-corrected chi connectivity index (χ0v) is 14.2. The summed E-state index contributed by atoms with van der Waals surface area (Å²) >= 11 is 16.5. The van der Waals surface area contributed by atoms with Crippen LogP contribution in [0.15, 0.2) is 24.8 Å². The van der Waals surface area contributed by atoms with Crippen LogP contribution < -0.4 is 4.90 Å². The van der Waals surface area contributed by atoms with E-state index < -0.39 is 0 Å². The number of anilines is 1. The van der Waals surface area contributed by atoms with Gasteiger partial charge in [0, 0.05) is 13.1 Å². The van der Waals surface area contributed by atoms with Crippen molar-refractivity contribution < 1.29 is 0 Å². The van der Waals surface area contributed by atoms with Crippen LogP contribution in [0.4, 0.5) is 5.82 Å². The number of hydrogen-bond acceptors (Lipinski definition) is 5. The molecule has 1 unspecified atom stereocenters. The molecule has 2 rings (SSSR count). The molecule has 0 aliphatic rings. The van der Waals surface area contributed by atoms with Crippen molar-refractivity contribution in [3.63, 3.8) is 0 Å². The summed E-state index contributed by atoms with van der Waals surface area (Å²) < 4.78 is 0. The van der Waals surface area contributed by atoms with Crippen molar-refractivity contribution in [2.24, 2.45) is 0 Å². The summed E-state index contributed by atoms with van der Waals surface area (Å²) in [6.07, 6.45) is 7.18. The van der Waals surface area contributed by atoms with E-state index in [1.807, 2.05) is 7.05 Å². The summed E-state index contributed by atoms with van der Waals surface area (Å²) in [4.78, 5) is 17.5. The molecule has 0 spiro atoms. The molecule has 2 heterocycles. The quantitative estimate of drug-likeness (QED) is 0.834. The van der Waals surface area contributed by atoms with Gasteiger partial charge >= 0.3 is 0 Å². The van der Waals surface area contributed by atoms with Crippen LogP contribution in [0, 0.1) is 0 Å². The summed E-state index contributed by atoms with van der Waals surface area (Å²) in [7, 11) is 1.99. The molecule has 0 aliphatic heterocycles. The van der Waals surface area contributed by atoms with Crippen molar-refractivity contribution in [2.75, 3.05) is 11.9 Å². The van der Waals surface area contributed by atoms with E-state index in [9.17, 15) is 0 Å². The van der Waals surface area contributed by atoms with Crippen molar-refractivity contribution >= 4 is 40.6 Å². The molecule has 5 nitrogen and oxygen atoms in total. The van der Waals surface area contributed by atoms with Gasteiger partial charge in [-0.05, 0) is 13.3 Å². The van der Waals surface area contributed by atoms with Gasteiger partial charge in [-0.25, -0.2) is 9.97 Å². The molecule has 0 radical (unpaired) electrons. The largest absolute Gasteiger partial charge is 0.356 e. The Morgan fingerprint density at radius 1 is 0.952 bits per heavy atom. The van der Waals surface area contributed by atoms with Gasteiger partial charge in [0.2, 0.25) is 0 Å². The zero-order chi connectivity index (χ0) is 15.8. The fraction of sp³-hybridized carbons (Fsp3) is 0.385. The fourth-order valence-electron chi connectivity index (χ4n) is 1.32. The van der Waals surface area contributed by atoms with Gasteiger partial charge in [0.15, 0.2) is 0 Å². The van der Waals surface area contributed by atoms with E-state index in [1.54, 1.807) is 6.20 Å². The lowest BCUT2D eigenvalue weighted by Gasteiger charge is -2.24. The molecule has 2 aromatic heterocycles. The van der Waals surface area contributed by atoms with Crippen molar-refractivity contribution in [1.82, 2.24) is 19.9 Å². The first-order chi connectivity index (χ1) is 9.93. The van der Waals surface area contributed by atoms with Crippen LogP contribution in [-0.2, 0) is 0 Å². The highest BCUT2D eigenvalue weighted by atomic mass is 35.5. The standard InChI is InChI=1S/C9H14ClN3.C4H2Cl2N2/c1-4-7(2)13(3)9-6-11-5-8(10)12-9;5-3-1-7-2-4(6)8-3/h5-7H,4H2,1-3H3;1-2H. The average molecular weight is 349 g/mol. The van der Waals surface area contributed by atoms with Gasteiger partial charge in [-0.15, -0.1) is 0 Å². The van der Waals surface area contributed by atoms with Crippen molar-refractivity contribution in [3.05, 3.63) is 40.2 Å². The van der Waals surface area contributed by atoms with E-state index in [4.69, 9.17) is 34.8 Å². The van der Waals surface area contributed by atoms with E-state index in [2.05, 4.69) is 38.7 Å². The normalized spacial score (nSPS) is 11.3. The van der Waals surface area contributed by atoms with E-state index in [-0.39, 0.29) is 0 Å². The molecule has 0 aromatic carbocycles. The smallest absolute Gasteiger partial charge is 0.149 e. The number of aromatic nitrogens is 4. The maximum absolute atomic E-state index is 5.74. The topological polar surface area (TPSA) is 54.8 Å². The molecule has 21 heavy (non-hydrogen) atoms. The maximum atomic E-state index is 5.74. The number of halogens is 3. The second kappa shape index (κ2) is 8.97. The van der Waals surface area contributed by atoms with Gasteiger partial charge < -0.3 is 4.90 Å². The highest BCUT2D eigenvalue weighted by molar-refractivity contribution is 6.32. The van der Waals surface area contributed by atoms with Gasteiger partial charge in [-0.1, -0.05) is 41.7 Å². The van der Waals surface area contributed by atoms with Crippen molar-refractivity contribution in [3.8, 4) is 0 Å².